The van der Waals surface area contributed by atoms with Crippen LogP contribution >= 0.6 is 55.1 Å². The maximum absolute atomic E-state index is 6.65. The Labute approximate surface area is 144 Å². The van der Waals surface area contributed by atoms with Crippen LogP contribution in [0.2, 0.25) is 5.02 Å². The van der Waals surface area contributed by atoms with Gasteiger partial charge < -0.3 is 4.74 Å². The molecule has 0 fully saturated rings. The number of hydrogen-bond acceptors (Lipinski definition) is 1. The van der Waals surface area contributed by atoms with E-state index in [0.717, 1.165) is 32.2 Å². The number of fused-ring (bicyclic) bond motifs is 1. The first-order chi connectivity index (χ1) is 9.56. The van der Waals surface area contributed by atoms with Gasteiger partial charge in [0, 0.05) is 20.9 Å². The second-order valence-corrected chi connectivity index (χ2v) is 7.23. The van der Waals surface area contributed by atoms with Crippen LogP contribution in [0.5, 0.6) is 5.75 Å². The van der Waals surface area contributed by atoms with Crippen molar-refractivity contribution in [2.45, 2.75) is 11.8 Å². The summed E-state index contributed by atoms with van der Waals surface area (Å²) >= 11 is 19.6. The number of hydrogen-bond donors (Lipinski definition) is 0. The predicted molar refractivity (Wildman–Crippen MR) is 90.2 cm³/mol. The number of benzene rings is 2. The molecule has 2 aromatic rings. The molecular formula is C15H10Br2Cl2O. The van der Waals surface area contributed by atoms with Crippen LogP contribution in [0.3, 0.4) is 0 Å². The molecular weight excluding hydrogens is 427 g/mol. The fourth-order valence-electron chi connectivity index (χ4n) is 2.34. The molecule has 1 heterocycles. The van der Waals surface area contributed by atoms with E-state index in [9.17, 15) is 0 Å². The second-order valence-electron chi connectivity index (χ2n) is 4.62. The van der Waals surface area contributed by atoms with Crippen LogP contribution in [0.25, 0.3) is 0 Å². The highest BCUT2D eigenvalue weighted by Gasteiger charge is 2.23. The predicted octanol–water partition coefficient (Wildman–Crippen LogP) is 6.13. The van der Waals surface area contributed by atoms with Crippen LogP contribution in [0.1, 0.15) is 22.1 Å². The van der Waals surface area contributed by atoms with Crippen molar-refractivity contribution in [2.24, 2.45) is 0 Å². The minimum atomic E-state index is -0.270. The molecule has 20 heavy (non-hydrogen) atoms. The summed E-state index contributed by atoms with van der Waals surface area (Å²) in [6.07, 6.45) is 0.926. The smallest absolute Gasteiger partial charge is 0.127 e. The molecule has 0 amide bonds. The molecule has 5 heteroatoms. The summed E-state index contributed by atoms with van der Waals surface area (Å²) in [4.78, 5) is 0. The van der Waals surface area contributed by atoms with E-state index in [2.05, 4.69) is 37.9 Å². The molecule has 0 N–H and O–H groups in total. The van der Waals surface area contributed by atoms with E-state index in [1.165, 1.54) is 5.56 Å². The monoisotopic (exact) mass is 434 g/mol. The summed E-state index contributed by atoms with van der Waals surface area (Å²) in [6, 6.07) is 9.84. The van der Waals surface area contributed by atoms with Crippen LogP contribution in [0.4, 0.5) is 0 Å². The van der Waals surface area contributed by atoms with Gasteiger partial charge in [-0.2, -0.15) is 0 Å². The summed E-state index contributed by atoms with van der Waals surface area (Å²) in [5.41, 5.74) is 3.18. The first kappa shape index (κ1) is 14.7. The van der Waals surface area contributed by atoms with Gasteiger partial charge in [0.25, 0.3) is 0 Å². The van der Waals surface area contributed by atoms with Crippen molar-refractivity contribution in [1.29, 1.82) is 0 Å². The molecule has 2 aromatic carbocycles. The number of alkyl halides is 1. The van der Waals surface area contributed by atoms with E-state index in [-0.39, 0.29) is 5.38 Å². The lowest BCUT2D eigenvalue weighted by molar-refractivity contribution is 0.353. The molecule has 0 saturated carbocycles. The SMILES string of the molecule is Clc1ccc(C(Cl)c2cc(Br)cc3c2OCC3)cc1Br. The fraction of sp³-hybridized carbons (Fsp3) is 0.200. The van der Waals surface area contributed by atoms with Gasteiger partial charge in [-0.15, -0.1) is 11.6 Å². The molecule has 1 unspecified atom stereocenters. The number of ether oxygens (including phenoxy) is 1. The third kappa shape index (κ3) is 2.74. The van der Waals surface area contributed by atoms with Gasteiger partial charge in [0.15, 0.2) is 0 Å². The lowest BCUT2D eigenvalue weighted by Gasteiger charge is -2.15. The average Bonchev–Trinajstić information content (AvgIpc) is 2.88. The van der Waals surface area contributed by atoms with Crippen molar-refractivity contribution in [3.63, 3.8) is 0 Å². The van der Waals surface area contributed by atoms with E-state index in [4.69, 9.17) is 27.9 Å². The molecule has 1 nitrogen and oxygen atoms in total. The number of rotatable bonds is 2. The van der Waals surface area contributed by atoms with Crippen LogP contribution in [0, 0.1) is 0 Å². The summed E-state index contributed by atoms with van der Waals surface area (Å²) in [6.45, 7) is 0.715. The zero-order valence-corrected chi connectivity index (χ0v) is 15.0. The average molecular weight is 437 g/mol. The Morgan fingerprint density at radius 3 is 2.70 bits per heavy atom. The van der Waals surface area contributed by atoms with Crippen LogP contribution in [0.15, 0.2) is 39.3 Å². The quantitative estimate of drug-likeness (QED) is 0.514. The zero-order chi connectivity index (χ0) is 14.3. The molecule has 0 saturated heterocycles. The summed E-state index contributed by atoms with van der Waals surface area (Å²) in [5, 5.41) is 0.404. The lowest BCUT2D eigenvalue weighted by atomic mass is 10.0. The highest BCUT2D eigenvalue weighted by Crippen LogP contribution is 2.42. The maximum atomic E-state index is 6.65. The van der Waals surface area contributed by atoms with E-state index in [1.54, 1.807) is 0 Å². The first-order valence-electron chi connectivity index (χ1n) is 6.10. The van der Waals surface area contributed by atoms with Gasteiger partial charge in [-0.05, 0) is 51.3 Å². The molecule has 1 aliphatic rings. The lowest BCUT2D eigenvalue weighted by Crippen LogP contribution is -1.98. The van der Waals surface area contributed by atoms with Gasteiger partial charge in [0.05, 0.1) is 17.0 Å². The van der Waals surface area contributed by atoms with Crippen molar-refractivity contribution in [3.05, 3.63) is 61.0 Å². The van der Waals surface area contributed by atoms with Gasteiger partial charge in [0.1, 0.15) is 5.75 Å². The topological polar surface area (TPSA) is 9.23 Å². The molecule has 1 aliphatic heterocycles. The minimum Gasteiger partial charge on any atom is -0.493 e. The highest BCUT2D eigenvalue weighted by molar-refractivity contribution is 9.10. The molecule has 0 aliphatic carbocycles. The van der Waals surface area contributed by atoms with Crippen LogP contribution in [-0.2, 0) is 6.42 Å². The van der Waals surface area contributed by atoms with Gasteiger partial charge in [-0.3, -0.25) is 0 Å². The number of halogens is 4. The van der Waals surface area contributed by atoms with Gasteiger partial charge in [-0.25, -0.2) is 0 Å². The molecule has 0 bridgehead atoms. The van der Waals surface area contributed by atoms with E-state index < -0.39 is 0 Å². The van der Waals surface area contributed by atoms with Crippen molar-refractivity contribution in [2.75, 3.05) is 6.61 Å². The summed E-state index contributed by atoms with van der Waals surface area (Å²) in [5.74, 6) is 0.916. The largest absolute Gasteiger partial charge is 0.493 e. The van der Waals surface area contributed by atoms with Gasteiger partial charge >= 0.3 is 0 Å². The minimum absolute atomic E-state index is 0.270. The first-order valence-corrected chi connectivity index (χ1v) is 8.50. The maximum Gasteiger partial charge on any atom is 0.127 e. The molecule has 1 atom stereocenters. The molecule has 3 rings (SSSR count). The Morgan fingerprint density at radius 2 is 1.95 bits per heavy atom. The summed E-state index contributed by atoms with van der Waals surface area (Å²) < 4.78 is 7.60. The Balaban J connectivity index is 2.06. The zero-order valence-electron chi connectivity index (χ0n) is 10.3. The van der Waals surface area contributed by atoms with E-state index in [0.29, 0.717) is 11.6 Å². The Bertz CT molecular complexity index is 673. The van der Waals surface area contributed by atoms with Crippen LogP contribution in [-0.4, -0.2) is 6.61 Å². The van der Waals surface area contributed by atoms with Crippen molar-refractivity contribution in [1.82, 2.24) is 0 Å². The molecule has 104 valence electrons. The van der Waals surface area contributed by atoms with Crippen molar-refractivity contribution < 1.29 is 4.74 Å². The van der Waals surface area contributed by atoms with Crippen molar-refractivity contribution >= 4 is 55.1 Å². The third-order valence-electron chi connectivity index (χ3n) is 3.29. The molecule has 0 aromatic heterocycles. The molecule has 0 radical (unpaired) electrons. The van der Waals surface area contributed by atoms with Crippen molar-refractivity contribution in [3.8, 4) is 5.75 Å². The summed E-state index contributed by atoms with van der Waals surface area (Å²) in [7, 11) is 0. The van der Waals surface area contributed by atoms with Gasteiger partial charge in [-0.1, -0.05) is 33.6 Å². The Kier molecular flexibility index (Phi) is 4.32. The highest BCUT2D eigenvalue weighted by atomic mass is 79.9. The van der Waals surface area contributed by atoms with Gasteiger partial charge in [0.2, 0.25) is 0 Å². The van der Waals surface area contributed by atoms with E-state index >= 15 is 0 Å². The second kappa shape index (κ2) is 5.88. The molecule has 0 spiro atoms. The standard InChI is InChI=1S/C15H10Br2Cl2O/c16-10-5-9-3-4-20-15(9)11(7-10)14(19)8-1-2-13(18)12(17)6-8/h1-2,5-7,14H,3-4H2. The fourth-order valence-corrected chi connectivity index (χ4v) is 3.67. The normalized spacial score (nSPS) is 14.8. The van der Waals surface area contributed by atoms with Crippen LogP contribution < -0.4 is 4.74 Å². The Hall–Kier alpha value is -0.220. The third-order valence-corrected chi connectivity index (χ3v) is 5.45. The Morgan fingerprint density at radius 1 is 1.15 bits per heavy atom. The van der Waals surface area contributed by atoms with E-state index in [1.807, 2.05) is 24.3 Å².